The molecule has 0 saturated carbocycles. The van der Waals surface area contributed by atoms with Crippen LogP contribution in [-0.4, -0.2) is 15.2 Å². The van der Waals surface area contributed by atoms with Crippen molar-refractivity contribution in [2.45, 2.75) is 6.92 Å². The first-order valence-corrected chi connectivity index (χ1v) is 6.55. The predicted octanol–water partition coefficient (Wildman–Crippen LogP) is 3.20. The molecule has 2 aromatic heterocycles. The monoisotopic (exact) mass is 291 g/mol. The minimum absolute atomic E-state index is 0.238. The molecule has 3 N–H and O–H groups in total. The van der Waals surface area contributed by atoms with E-state index in [0.29, 0.717) is 16.1 Å². The molecule has 0 aliphatic heterocycles. The van der Waals surface area contributed by atoms with Crippen molar-refractivity contribution in [1.82, 2.24) is 10.1 Å². The summed E-state index contributed by atoms with van der Waals surface area (Å²) in [5, 5.41) is 13.5. The quantitative estimate of drug-likeness (QED) is 0.757. The molecule has 102 valence electrons. The summed E-state index contributed by atoms with van der Waals surface area (Å²) in [5.41, 5.74) is 6.95. The Bertz CT molecular complexity index is 782. The number of halogens is 1. The molecule has 0 atom stereocenters. The number of nitrogens with two attached hydrogens (primary N) is 1. The summed E-state index contributed by atoms with van der Waals surface area (Å²) in [6, 6.07) is 5.75. The van der Waals surface area contributed by atoms with Crippen molar-refractivity contribution in [3.63, 3.8) is 0 Å². The lowest BCUT2D eigenvalue weighted by Gasteiger charge is -1.96. The van der Waals surface area contributed by atoms with Crippen molar-refractivity contribution in [3.05, 3.63) is 35.0 Å². The lowest BCUT2D eigenvalue weighted by atomic mass is 10.2. The van der Waals surface area contributed by atoms with Crippen molar-refractivity contribution in [3.8, 4) is 28.6 Å². The average molecular weight is 291 g/mol. The summed E-state index contributed by atoms with van der Waals surface area (Å²) >= 11 is 1.43. The molecule has 0 radical (unpaired) electrons. The van der Waals surface area contributed by atoms with E-state index in [-0.39, 0.29) is 11.7 Å². The van der Waals surface area contributed by atoms with Crippen LogP contribution in [0.4, 0.5) is 9.39 Å². The Morgan fingerprint density at radius 3 is 2.80 bits per heavy atom. The third-order valence-corrected chi connectivity index (χ3v) is 3.63. The molecular weight excluding hydrogens is 281 g/mol. The van der Waals surface area contributed by atoms with Crippen LogP contribution < -0.4 is 5.73 Å². The van der Waals surface area contributed by atoms with E-state index < -0.39 is 11.6 Å². The van der Waals surface area contributed by atoms with E-state index in [1.807, 2.05) is 13.0 Å². The Morgan fingerprint density at radius 2 is 2.15 bits per heavy atom. The van der Waals surface area contributed by atoms with Crippen molar-refractivity contribution in [2.75, 3.05) is 5.73 Å². The highest BCUT2D eigenvalue weighted by Crippen LogP contribution is 2.33. The maximum Gasteiger partial charge on any atom is 0.261 e. The SMILES string of the molecule is Cc1cc(-c2nc(-c3ccc(O)c(F)c3)no2)c(N)s1. The normalized spacial score (nSPS) is 10.9. The molecule has 0 fully saturated rings. The van der Waals surface area contributed by atoms with E-state index in [9.17, 15) is 4.39 Å². The summed E-state index contributed by atoms with van der Waals surface area (Å²) in [5.74, 6) is -0.632. The molecule has 0 aliphatic carbocycles. The first kappa shape index (κ1) is 12.6. The number of hydrogen-bond acceptors (Lipinski definition) is 6. The van der Waals surface area contributed by atoms with Gasteiger partial charge in [0.15, 0.2) is 11.6 Å². The van der Waals surface area contributed by atoms with Crippen LogP contribution in [0.15, 0.2) is 28.8 Å². The van der Waals surface area contributed by atoms with Crippen LogP contribution in [0.3, 0.4) is 0 Å². The number of rotatable bonds is 2. The molecule has 1 aromatic carbocycles. The van der Waals surface area contributed by atoms with Gasteiger partial charge >= 0.3 is 0 Å². The molecule has 0 unspecified atom stereocenters. The van der Waals surface area contributed by atoms with Crippen LogP contribution >= 0.6 is 11.3 Å². The summed E-state index contributed by atoms with van der Waals surface area (Å²) in [7, 11) is 0. The predicted molar refractivity (Wildman–Crippen MR) is 73.8 cm³/mol. The van der Waals surface area contributed by atoms with Crippen LogP contribution in [0, 0.1) is 12.7 Å². The smallest absolute Gasteiger partial charge is 0.261 e. The molecule has 5 nitrogen and oxygen atoms in total. The van der Waals surface area contributed by atoms with Gasteiger partial charge in [-0.05, 0) is 31.2 Å². The van der Waals surface area contributed by atoms with Crippen molar-refractivity contribution < 1.29 is 14.0 Å². The van der Waals surface area contributed by atoms with Gasteiger partial charge in [-0.1, -0.05) is 5.16 Å². The van der Waals surface area contributed by atoms with Crippen LogP contribution in [0.2, 0.25) is 0 Å². The Labute approximate surface area is 117 Å². The van der Waals surface area contributed by atoms with E-state index >= 15 is 0 Å². The highest BCUT2D eigenvalue weighted by atomic mass is 32.1. The van der Waals surface area contributed by atoms with Gasteiger partial charge in [-0.15, -0.1) is 11.3 Å². The van der Waals surface area contributed by atoms with Gasteiger partial charge in [-0.2, -0.15) is 4.98 Å². The number of phenolic OH excluding ortho intramolecular Hbond substituents is 1. The number of nitrogen functional groups attached to an aromatic ring is 1. The molecule has 3 aromatic rings. The fraction of sp³-hybridized carbons (Fsp3) is 0.0769. The number of aromatic hydroxyl groups is 1. The molecule has 0 bridgehead atoms. The molecule has 0 aliphatic rings. The number of aryl methyl sites for hydroxylation is 1. The highest BCUT2D eigenvalue weighted by Gasteiger charge is 2.16. The van der Waals surface area contributed by atoms with E-state index in [1.54, 1.807) is 0 Å². The van der Waals surface area contributed by atoms with Crippen LogP contribution in [0.5, 0.6) is 5.75 Å². The summed E-state index contributed by atoms with van der Waals surface area (Å²) in [6.45, 7) is 1.93. The average Bonchev–Trinajstić information content (AvgIpc) is 2.99. The van der Waals surface area contributed by atoms with Crippen LogP contribution in [0.25, 0.3) is 22.8 Å². The molecule has 0 amide bonds. The van der Waals surface area contributed by atoms with Gasteiger partial charge in [0.2, 0.25) is 5.82 Å². The van der Waals surface area contributed by atoms with Gasteiger partial charge in [0, 0.05) is 10.4 Å². The van der Waals surface area contributed by atoms with Gasteiger partial charge < -0.3 is 15.4 Å². The molecule has 20 heavy (non-hydrogen) atoms. The Balaban J connectivity index is 2.01. The first-order valence-electron chi connectivity index (χ1n) is 5.73. The molecular formula is C13H10FN3O2S. The highest BCUT2D eigenvalue weighted by molar-refractivity contribution is 7.16. The van der Waals surface area contributed by atoms with Crippen LogP contribution in [-0.2, 0) is 0 Å². The van der Waals surface area contributed by atoms with Gasteiger partial charge in [-0.3, -0.25) is 0 Å². The molecule has 0 saturated heterocycles. The maximum atomic E-state index is 13.3. The standard InChI is InChI=1S/C13H10FN3O2S/c1-6-4-8(11(15)20-6)13-16-12(17-19-13)7-2-3-10(18)9(14)5-7/h2-5,18H,15H2,1H3. The number of hydrogen-bond donors (Lipinski definition) is 2. The fourth-order valence-corrected chi connectivity index (χ4v) is 2.58. The third-order valence-electron chi connectivity index (χ3n) is 2.75. The largest absolute Gasteiger partial charge is 0.505 e. The van der Waals surface area contributed by atoms with Crippen LogP contribution in [0.1, 0.15) is 4.88 Å². The zero-order valence-electron chi connectivity index (χ0n) is 10.4. The number of phenols is 1. The number of benzene rings is 1. The van der Waals surface area contributed by atoms with Crippen molar-refractivity contribution in [2.24, 2.45) is 0 Å². The van der Waals surface area contributed by atoms with E-state index in [1.165, 1.54) is 23.5 Å². The topological polar surface area (TPSA) is 85.2 Å². The minimum Gasteiger partial charge on any atom is -0.505 e. The first-order chi connectivity index (χ1) is 9.54. The minimum atomic E-state index is -0.736. The second kappa shape index (κ2) is 4.61. The van der Waals surface area contributed by atoms with Gasteiger partial charge in [0.1, 0.15) is 0 Å². The number of nitrogens with zero attached hydrogens (tertiary/aromatic N) is 2. The van der Waals surface area contributed by atoms with Gasteiger partial charge in [0.05, 0.1) is 10.6 Å². The molecule has 7 heteroatoms. The lowest BCUT2D eigenvalue weighted by molar-refractivity contribution is 0.430. The maximum absolute atomic E-state index is 13.3. The van der Waals surface area contributed by atoms with Crippen molar-refractivity contribution in [1.29, 1.82) is 0 Å². The Hall–Kier alpha value is -2.41. The second-order valence-electron chi connectivity index (χ2n) is 4.22. The second-order valence-corrected chi connectivity index (χ2v) is 5.51. The molecule has 2 heterocycles. The van der Waals surface area contributed by atoms with Gasteiger partial charge in [0.25, 0.3) is 5.89 Å². The lowest BCUT2D eigenvalue weighted by Crippen LogP contribution is -1.85. The van der Waals surface area contributed by atoms with Gasteiger partial charge in [-0.25, -0.2) is 4.39 Å². The number of thiophene rings is 1. The molecule has 0 spiro atoms. The van der Waals surface area contributed by atoms with E-state index in [4.69, 9.17) is 15.4 Å². The zero-order valence-corrected chi connectivity index (χ0v) is 11.2. The zero-order chi connectivity index (χ0) is 14.3. The number of aromatic nitrogens is 2. The summed E-state index contributed by atoms with van der Waals surface area (Å²) < 4.78 is 18.5. The fourth-order valence-electron chi connectivity index (χ4n) is 1.80. The van der Waals surface area contributed by atoms with E-state index in [0.717, 1.165) is 10.9 Å². The Kier molecular flexibility index (Phi) is 2.90. The summed E-state index contributed by atoms with van der Waals surface area (Å²) in [6.07, 6.45) is 0. The van der Waals surface area contributed by atoms with Crippen molar-refractivity contribution >= 4 is 16.3 Å². The third kappa shape index (κ3) is 2.12. The molecule has 3 rings (SSSR count). The number of anilines is 1. The van der Waals surface area contributed by atoms with E-state index in [2.05, 4.69) is 10.1 Å². The summed E-state index contributed by atoms with van der Waals surface area (Å²) in [4.78, 5) is 5.23. The Morgan fingerprint density at radius 1 is 1.35 bits per heavy atom.